The first-order chi connectivity index (χ1) is 8.70. The zero-order valence-electron chi connectivity index (χ0n) is 10.7. The number of aromatic nitrogens is 2. The lowest BCUT2D eigenvalue weighted by atomic mass is 10.1. The van der Waals surface area contributed by atoms with E-state index in [1.165, 1.54) is 16.7 Å². The first-order valence-corrected chi connectivity index (χ1v) is 6.20. The summed E-state index contributed by atoms with van der Waals surface area (Å²) in [7, 11) is 0. The van der Waals surface area contributed by atoms with Crippen LogP contribution in [0.3, 0.4) is 0 Å². The normalized spacial score (nSPS) is 11.0. The third kappa shape index (κ3) is 2.14. The van der Waals surface area contributed by atoms with Gasteiger partial charge in [0.2, 0.25) is 0 Å². The molecule has 0 aliphatic heterocycles. The fourth-order valence-electron chi connectivity index (χ4n) is 2.27. The molecule has 0 N–H and O–H groups in total. The Hall–Kier alpha value is -2.09. The highest BCUT2D eigenvalue weighted by Crippen LogP contribution is 2.12. The van der Waals surface area contributed by atoms with Gasteiger partial charge >= 0.3 is 0 Å². The van der Waals surface area contributed by atoms with Gasteiger partial charge in [0.25, 0.3) is 0 Å². The summed E-state index contributed by atoms with van der Waals surface area (Å²) in [5.41, 5.74) is 6.00. The predicted molar refractivity (Wildman–Crippen MR) is 73.9 cm³/mol. The summed E-state index contributed by atoms with van der Waals surface area (Å²) in [6, 6.07) is 12.8. The van der Waals surface area contributed by atoms with E-state index in [2.05, 4.69) is 72.0 Å². The number of rotatable bonds is 2. The molecule has 3 aromatic rings. The molecule has 0 aliphatic rings. The fourth-order valence-corrected chi connectivity index (χ4v) is 2.27. The Balaban J connectivity index is 1.95. The number of fused-ring (bicyclic) bond motifs is 1. The summed E-state index contributed by atoms with van der Waals surface area (Å²) in [5, 5.41) is 0. The average Bonchev–Trinajstić information content (AvgIpc) is 2.70. The number of nitrogens with zero attached hydrogens (tertiary/aromatic N) is 2. The minimum absolute atomic E-state index is 0.891. The molecule has 0 bridgehead atoms. The molecule has 2 heteroatoms. The maximum absolute atomic E-state index is 4.64. The second-order valence-electron chi connectivity index (χ2n) is 4.87. The van der Waals surface area contributed by atoms with Gasteiger partial charge in [0.1, 0.15) is 5.65 Å². The van der Waals surface area contributed by atoms with Crippen molar-refractivity contribution < 1.29 is 0 Å². The first-order valence-electron chi connectivity index (χ1n) is 6.20. The maximum Gasteiger partial charge on any atom is 0.137 e. The van der Waals surface area contributed by atoms with Crippen LogP contribution in [0.2, 0.25) is 0 Å². The number of hydrogen-bond acceptors (Lipinski definition) is 1. The molecule has 2 aromatic heterocycles. The predicted octanol–water partition coefficient (Wildman–Crippen LogP) is 3.54. The smallest absolute Gasteiger partial charge is 0.137 e. The number of hydrogen-bond donors (Lipinski definition) is 0. The van der Waals surface area contributed by atoms with E-state index < -0.39 is 0 Å². The molecule has 0 unspecified atom stereocenters. The summed E-state index contributed by atoms with van der Waals surface area (Å²) in [4.78, 5) is 4.64. The van der Waals surface area contributed by atoms with Crippen LogP contribution in [-0.2, 0) is 6.42 Å². The van der Waals surface area contributed by atoms with Gasteiger partial charge in [0.05, 0.1) is 5.69 Å². The quantitative estimate of drug-likeness (QED) is 0.665. The highest BCUT2D eigenvalue weighted by Gasteiger charge is 2.03. The van der Waals surface area contributed by atoms with Gasteiger partial charge in [-0.15, -0.1) is 0 Å². The van der Waals surface area contributed by atoms with Crippen LogP contribution in [0.15, 0.2) is 48.8 Å². The standard InChI is InChI=1S/C16H16N2/c1-12-4-3-5-14(8-12)9-15-11-18-10-13(2)6-7-16(18)17-15/h3-8,10-11H,9H2,1-2H3. The summed E-state index contributed by atoms with van der Waals surface area (Å²) in [6.45, 7) is 4.22. The molecule has 18 heavy (non-hydrogen) atoms. The van der Waals surface area contributed by atoms with E-state index in [4.69, 9.17) is 0 Å². The zero-order chi connectivity index (χ0) is 12.5. The molecule has 0 atom stereocenters. The van der Waals surface area contributed by atoms with E-state index in [9.17, 15) is 0 Å². The summed E-state index contributed by atoms with van der Waals surface area (Å²) < 4.78 is 2.10. The molecule has 0 fully saturated rings. The second-order valence-corrected chi connectivity index (χ2v) is 4.87. The van der Waals surface area contributed by atoms with Crippen molar-refractivity contribution in [3.8, 4) is 0 Å². The Morgan fingerprint density at radius 1 is 1.00 bits per heavy atom. The van der Waals surface area contributed by atoms with Gasteiger partial charge in [-0.2, -0.15) is 0 Å². The maximum atomic E-state index is 4.64. The molecule has 2 heterocycles. The van der Waals surface area contributed by atoms with E-state index in [-0.39, 0.29) is 0 Å². The Labute approximate surface area is 107 Å². The third-order valence-corrected chi connectivity index (χ3v) is 3.12. The minimum atomic E-state index is 0.891. The van der Waals surface area contributed by atoms with Crippen LogP contribution in [0.4, 0.5) is 0 Å². The lowest BCUT2D eigenvalue weighted by Crippen LogP contribution is -1.88. The van der Waals surface area contributed by atoms with Crippen molar-refractivity contribution in [3.63, 3.8) is 0 Å². The molecule has 0 radical (unpaired) electrons. The van der Waals surface area contributed by atoms with E-state index in [1.807, 2.05) is 0 Å². The lowest BCUT2D eigenvalue weighted by molar-refractivity contribution is 1.10. The van der Waals surface area contributed by atoms with E-state index >= 15 is 0 Å². The van der Waals surface area contributed by atoms with Crippen molar-refractivity contribution in [1.29, 1.82) is 0 Å². The third-order valence-electron chi connectivity index (χ3n) is 3.12. The Morgan fingerprint density at radius 2 is 1.89 bits per heavy atom. The van der Waals surface area contributed by atoms with Crippen molar-refractivity contribution in [3.05, 3.63) is 71.2 Å². The summed E-state index contributed by atoms with van der Waals surface area (Å²) in [5.74, 6) is 0. The molecule has 90 valence electrons. The topological polar surface area (TPSA) is 17.3 Å². The van der Waals surface area contributed by atoms with Gasteiger partial charge in [0.15, 0.2) is 0 Å². The van der Waals surface area contributed by atoms with Gasteiger partial charge in [-0.1, -0.05) is 35.9 Å². The van der Waals surface area contributed by atoms with Crippen LogP contribution < -0.4 is 0 Å². The van der Waals surface area contributed by atoms with Crippen LogP contribution in [0.5, 0.6) is 0 Å². The second kappa shape index (κ2) is 4.30. The zero-order valence-corrected chi connectivity index (χ0v) is 10.7. The summed E-state index contributed by atoms with van der Waals surface area (Å²) >= 11 is 0. The largest absolute Gasteiger partial charge is 0.307 e. The van der Waals surface area contributed by atoms with E-state index in [0.29, 0.717) is 0 Å². The minimum Gasteiger partial charge on any atom is -0.307 e. The molecule has 0 spiro atoms. The van der Waals surface area contributed by atoms with Gasteiger partial charge < -0.3 is 4.40 Å². The number of pyridine rings is 1. The molecular formula is C16H16N2. The molecule has 2 nitrogen and oxygen atoms in total. The van der Waals surface area contributed by atoms with Crippen molar-refractivity contribution >= 4 is 5.65 Å². The highest BCUT2D eigenvalue weighted by atomic mass is 15.0. The van der Waals surface area contributed by atoms with Gasteiger partial charge in [-0.3, -0.25) is 0 Å². The van der Waals surface area contributed by atoms with E-state index in [1.54, 1.807) is 0 Å². The number of aryl methyl sites for hydroxylation is 2. The molecule has 0 amide bonds. The molecular weight excluding hydrogens is 220 g/mol. The van der Waals surface area contributed by atoms with Crippen LogP contribution in [0.1, 0.15) is 22.4 Å². The first kappa shape index (κ1) is 11.0. The number of imidazole rings is 1. The van der Waals surface area contributed by atoms with E-state index in [0.717, 1.165) is 17.8 Å². The lowest BCUT2D eigenvalue weighted by Gasteiger charge is -1.99. The highest BCUT2D eigenvalue weighted by molar-refractivity contribution is 5.42. The van der Waals surface area contributed by atoms with Crippen molar-refractivity contribution in [2.24, 2.45) is 0 Å². The van der Waals surface area contributed by atoms with Crippen molar-refractivity contribution in [2.75, 3.05) is 0 Å². The molecule has 0 saturated heterocycles. The monoisotopic (exact) mass is 236 g/mol. The fraction of sp³-hybridized carbons (Fsp3) is 0.188. The van der Waals surface area contributed by atoms with Gasteiger partial charge in [-0.25, -0.2) is 4.98 Å². The SMILES string of the molecule is Cc1cccc(Cc2cn3cc(C)ccc3n2)c1. The van der Waals surface area contributed by atoms with Crippen LogP contribution >= 0.6 is 0 Å². The number of benzene rings is 1. The Bertz CT molecular complexity index is 695. The molecule has 1 aromatic carbocycles. The molecule has 0 aliphatic carbocycles. The van der Waals surface area contributed by atoms with Crippen LogP contribution in [-0.4, -0.2) is 9.38 Å². The average molecular weight is 236 g/mol. The van der Waals surface area contributed by atoms with Gasteiger partial charge in [-0.05, 0) is 31.0 Å². The Morgan fingerprint density at radius 3 is 2.72 bits per heavy atom. The summed E-state index contributed by atoms with van der Waals surface area (Å²) in [6.07, 6.45) is 5.12. The molecule has 3 rings (SSSR count). The van der Waals surface area contributed by atoms with Crippen LogP contribution in [0, 0.1) is 13.8 Å². The Kier molecular flexibility index (Phi) is 2.63. The van der Waals surface area contributed by atoms with Gasteiger partial charge in [0, 0.05) is 18.8 Å². The van der Waals surface area contributed by atoms with Crippen molar-refractivity contribution in [1.82, 2.24) is 9.38 Å². The molecule has 0 saturated carbocycles. The van der Waals surface area contributed by atoms with Crippen molar-refractivity contribution in [2.45, 2.75) is 20.3 Å². The van der Waals surface area contributed by atoms with Crippen LogP contribution in [0.25, 0.3) is 5.65 Å².